The second-order valence-corrected chi connectivity index (χ2v) is 10.1. The van der Waals surface area contributed by atoms with E-state index in [0.29, 0.717) is 12.8 Å². The first-order valence-electron chi connectivity index (χ1n) is 9.35. The lowest BCUT2D eigenvalue weighted by Gasteiger charge is -2.48. The van der Waals surface area contributed by atoms with Crippen molar-refractivity contribution in [3.05, 3.63) is 0 Å². The molecule has 3 atom stereocenters. The van der Waals surface area contributed by atoms with Crippen molar-refractivity contribution in [2.45, 2.75) is 98.6 Å². The first-order valence-corrected chi connectivity index (χ1v) is 9.35. The minimum atomic E-state index is -1.12. The van der Waals surface area contributed by atoms with Crippen LogP contribution in [0.2, 0.25) is 0 Å². The molecule has 0 aromatic carbocycles. The molecule has 1 saturated heterocycles. The Labute approximate surface area is 153 Å². The molecule has 3 N–H and O–H groups in total. The summed E-state index contributed by atoms with van der Waals surface area (Å²) in [5.41, 5.74) is -2.32. The smallest absolute Gasteiger partial charge is 0.148 e. The van der Waals surface area contributed by atoms with Crippen LogP contribution in [0, 0.1) is 16.7 Å². The van der Waals surface area contributed by atoms with E-state index in [1.807, 2.05) is 0 Å². The van der Waals surface area contributed by atoms with Crippen LogP contribution in [0.15, 0.2) is 0 Å². The number of carbonyl (C=O) groups is 1. The predicted octanol–water partition coefficient (Wildman–Crippen LogP) is 2.88. The predicted molar refractivity (Wildman–Crippen MR) is 100 cm³/mol. The van der Waals surface area contributed by atoms with E-state index < -0.39 is 17.2 Å². The maximum absolute atomic E-state index is 13.3. The molecule has 0 saturated carbocycles. The highest BCUT2D eigenvalue weighted by Crippen LogP contribution is 2.39. The van der Waals surface area contributed by atoms with Gasteiger partial charge in [-0.05, 0) is 46.0 Å². The number of aliphatic hydroxyl groups is 2. The van der Waals surface area contributed by atoms with Crippen LogP contribution in [-0.4, -0.2) is 46.1 Å². The van der Waals surface area contributed by atoms with Crippen LogP contribution in [0.4, 0.5) is 0 Å². The molecule has 1 rings (SSSR count). The van der Waals surface area contributed by atoms with Crippen molar-refractivity contribution in [2.24, 2.45) is 16.7 Å². The first-order chi connectivity index (χ1) is 11.0. The Kier molecular flexibility index (Phi) is 6.55. The molecule has 0 amide bonds. The van der Waals surface area contributed by atoms with Crippen molar-refractivity contribution in [2.75, 3.05) is 6.61 Å². The number of rotatable bonds is 6. The number of Topliss-reactive ketones (excluding diaryl/α,β-unsaturated/α-hetero) is 1. The van der Waals surface area contributed by atoms with E-state index in [4.69, 9.17) is 4.74 Å². The fourth-order valence-corrected chi connectivity index (χ4v) is 2.76. The Bertz CT molecular complexity index is 471. The summed E-state index contributed by atoms with van der Waals surface area (Å²) in [5, 5.41) is 23.5. The van der Waals surface area contributed by atoms with E-state index in [9.17, 15) is 15.0 Å². The summed E-state index contributed by atoms with van der Waals surface area (Å²) in [5.74, 6) is -0.357. The molecule has 3 unspecified atom stereocenters. The van der Waals surface area contributed by atoms with Gasteiger partial charge in [0.1, 0.15) is 12.0 Å². The van der Waals surface area contributed by atoms with Crippen LogP contribution in [-0.2, 0) is 9.53 Å². The standard InChI is InChI=1S/C20H39NO4/c1-17(2,3)19(6,7)21-16-14(11-10-13(12-22)25-16)15(23)18(4,5)20(8,9)24/h13-14,16,21-22,24H,10-12H2,1-9H3. The van der Waals surface area contributed by atoms with Crippen molar-refractivity contribution in [1.29, 1.82) is 0 Å². The molecule has 148 valence electrons. The molecule has 0 aliphatic carbocycles. The third-order valence-corrected chi connectivity index (χ3v) is 6.57. The maximum Gasteiger partial charge on any atom is 0.148 e. The van der Waals surface area contributed by atoms with Gasteiger partial charge in [0.25, 0.3) is 0 Å². The Hall–Kier alpha value is -0.490. The number of ketones is 1. The molecule has 0 aromatic heterocycles. The van der Waals surface area contributed by atoms with E-state index in [1.54, 1.807) is 27.7 Å². The van der Waals surface area contributed by atoms with Crippen LogP contribution in [0.25, 0.3) is 0 Å². The molecule has 1 fully saturated rings. The van der Waals surface area contributed by atoms with Crippen molar-refractivity contribution in [3.63, 3.8) is 0 Å². The summed E-state index contributed by atoms with van der Waals surface area (Å²) < 4.78 is 6.04. The second kappa shape index (κ2) is 7.26. The third-order valence-electron chi connectivity index (χ3n) is 6.57. The highest BCUT2D eigenvalue weighted by Gasteiger charge is 2.49. The Morgan fingerprint density at radius 2 is 1.56 bits per heavy atom. The van der Waals surface area contributed by atoms with Crippen LogP contribution in [0.1, 0.15) is 75.2 Å². The molecule has 1 aliphatic heterocycles. The van der Waals surface area contributed by atoms with E-state index in [2.05, 4.69) is 39.9 Å². The summed E-state index contributed by atoms with van der Waals surface area (Å²) in [6.07, 6.45) is 0.543. The summed E-state index contributed by atoms with van der Waals surface area (Å²) in [6, 6.07) is 0. The molecule has 5 nitrogen and oxygen atoms in total. The van der Waals surface area contributed by atoms with Gasteiger partial charge in [-0.1, -0.05) is 34.6 Å². The third kappa shape index (κ3) is 4.82. The monoisotopic (exact) mass is 357 g/mol. The largest absolute Gasteiger partial charge is 0.394 e. The average molecular weight is 358 g/mol. The Balaban J connectivity index is 3.13. The summed E-state index contributed by atoms with van der Waals surface area (Å²) in [6.45, 7) is 17.5. The highest BCUT2D eigenvalue weighted by atomic mass is 16.5. The van der Waals surface area contributed by atoms with Gasteiger partial charge in [0.05, 0.1) is 29.6 Å². The topological polar surface area (TPSA) is 78.8 Å². The minimum absolute atomic E-state index is 0.00130. The Morgan fingerprint density at radius 1 is 1.04 bits per heavy atom. The van der Waals surface area contributed by atoms with Crippen LogP contribution in [0.5, 0.6) is 0 Å². The van der Waals surface area contributed by atoms with Gasteiger partial charge in [0, 0.05) is 5.54 Å². The lowest BCUT2D eigenvalue weighted by atomic mass is 9.68. The summed E-state index contributed by atoms with van der Waals surface area (Å²) in [4.78, 5) is 13.3. The average Bonchev–Trinajstić information content (AvgIpc) is 2.43. The van der Waals surface area contributed by atoms with Gasteiger partial charge in [-0.25, -0.2) is 0 Å². The first kappa shape index (κ1) is 22.6. The van der Waals surface area contributed by atoms with Crippen molar-refractivity contribution in [1.82, 2.24) is 5.32 Å². The van der Waals surface area contributed by atoms with Crippen LogP contribution < -0.4 is 5.32 Å². The fraction of sp³-hybridized carbons (Fsp3) is 0.950. The number of carbonyl (C=O) groups excluding carboxylic acids is 1. The zero-order valence-corrected chi connectivity index (χ0v) is 17.6. The van der Waals surface area contributed by atoms with Gasteiger partial charge in [-0.3, -0.25) is 10.1 Å². The SMILES string of the molecule is CC(C)(C)C(C)(C)NC1OC(CO)CCC1C(=O)C(C)(C)C(C)(C)O. The molecule has 25 heavy (non-hydrogen) atoms. The zero-order valence-electron chi connectivity index (χ0n) is 17.6. The minimum Gasteiger partial charge on any atom is -0.394 e. The number of aliphatic hydroxyl groups excluding tert-OH is 1. The maximum atomic E-state index is 13.3. The van der Waals surface area contributed by atoms with Gasteiger partial charge in [-0.2, -0.15) is 0 Å². The second-order valence-electron chi connectivity index (χ2n) is 10.1. The van der Waals surface area contributed by atoms with Crippen molar-refractivity contribution in [3.8, 4) is 0 Å². The van der Waals surface area contributed by atoms with E-state index >= 15 is 0 Å². The quantitative estimate of drug-likeness (QED) is 0.681. The van der Waals surface area contributed by atoms with E-state index in [1.165, 1.54) is 0 Å². The van der Waals surface area contributed by atoms with Gasteiger partial charge >= 0.3 is 0 Å². The highest BCUT2D eigenvalue weighted by molar-refractivity contribution is 5.88. The van der Waals surface area contributed by atoms with E-state index in [0.717, 1.165) is 0 Å². The van der Waals surface area contributed by atoms with Gasteiger partial charge in [0.2, 0.25) is 0 Å². The lowest BCUT2D eigenvalue weighted by Crippen LogP contribution is -2.62. The lowest BCUT2D eigenvalue weighted by molar-refractivity contribution is -0.168. The number of ether oxygens (including phenoxy) is 1. The van der Waals surface area contributed by atoms with Crippen LogP contribution >= 0.6 is 0 Å². The van der Waals surface area contributed by atoms with Crippen molar-refractivity contribution < 1.29 is 19.7 Å². The number of hydrogen-bond acceptors (Lipinski definition) is 5. The molecule has 0 aromatic rings. The summed E-state index contributed by atoms with van der Waals surface area (Å²) in [7, 11) is 0. The summed E-state index contributed by atoms with van der Waals surface area (Å²) >= 11 is 0. The molecule has 0 bridgehead atoms. The molecular formula is C20H39NO4. The fourth-order valence-electron chi connectivity index (χ4n) is 2.76. The van der Waals surface area contributed by atoms with Crippen LogP contribution in [0.3, 0.4) is 0 Å². The molecule has 1 heterocycles. The molecule has 1 aliphatic rings. The number of nitrogens with one attached hydrogen (secondary N) is 1. The molecule has 5 heteroatoms. The number of hydrogen-bond donors (Lipinski definition) is 3. The van der Waals surface area contributed by atoms with Gasteiger partial charge in [0.15, 0.2) is 0 Å². The van der Waals surface area contributed by atoms with E-state index in [-0.39, 0.29) is 35.4 Å². The van der Waals surface area contributed by atoms with Crippen molar-refractivity contribution >= 4 is 5.78 Å². The van der Waals surface area contributed by atoms with Gasteiger partial charge in [-0.15, -0.1) is 0 Å². The zero-order chi connectivity index (χ0) is 19.8. The normalized spacial score (nSPS) is 26.6. The molecular weight excluding hydrogens is 318 g/mol. The molecule has 0 spiro atoms. The Morgan fingerprint density at radius 3 is 1.96 bits per heavy atom. The van der Waals surface area contributed by atoms with Gasteiger partial charge < -0.3 is 14.9 Å². The molecule has 0 radical (unpaired) electrons.